The van der Waals surface area contributed by atoms with Gasteiger partial charge >= 0.3 is 0 Å². The predicted molar refractivity (Wildman–Crippen MR) is 115 cm³/mol. The lowest BCUT2D eigenvalue weighted by Crippen LogP contribution is -2.64. The van der Waals surface area contributed by atoms with E-state index in [0.717, 1.165) is 12.1 Å². The minimum absolute atomic E-state index is 0.00168. The summed E-state index contributed by atoms with van der Waals surface area (Å²) in [6.45, 7) is 1.84. The summed E-state index contributed by atoms with van der Waals surface area (Å²) in [5.74, 6) is -0.423. The van der Waals surface area contributed by atoms with Crippen LogP contribution in [0.4, 0.5) is 15.8 Å². The first-order valence-electron chi connectivity index (χ1n) is 10.1. The summed E-state index contributed by atoms with van der Waals surface area (Å²) in [5.41, 5.74) is 1.87. The fourth-order valence-corrected chi connectivity index (χ4v) is 4.41. The fraction of sp³-hybridized carbons (Fsp3) is 0.391. The van der Waals surface area contributed by atoms with E-state index in [4.69, 9.17) is 0 Å². The first kappa shape index (κ1) is 20.3. The van der Waals surface area contributed by atoms with Crippen LogP contribution in [0, 0.1) is 5.82 Å². The minimum atomic E-state index is -0.364. The van der Waals surface area contributed by atoms with E-state index in [0.29, 0.717) is 30.9 Å². The second-order valence-corrected chi connectivity index (χ2v) is 8.46. The van der Waals surface area contributed by atoms with E-state index >= 15 is 0 Å². The lowest BCUT2D eigenvalue weighted by molar-refractivity contribution is -0.123. The molecule has 2 aromatic rings. The Labute approximate surface area is 176 Å². The van der Waals surface area contributed by atoms with E-state index in [-0.39, 0.29) is 29.7 Å². The lowest BCUT2D eigenvalue weighted by Gasteiger charge is -2.46. The van der Waals surface area contributed by atoms with E-state index in [1.807, 2.05) is 55.2 Å². The third kappa shape index (κ3) is 3.65. The molecule has 1 atom stereocenters. The van der Waals surface area contributed by atoms with Gasteiger partial charge in [-0.05, 0) is 49.9 Å². The van der Waals surface area contributed by atoms with E-state index in [2.05, 4.69) is 4.90 Å². The first-order valence-corrected chi connectivity index (χ1v) is 10.1. The van der Waals surface area contributed by atoms with Crippen LogP contribution >= 0.6 is 0 Å². The molecule has 4 rings (SSSR count). The SMILES string of the molecule is CN(C)c1cccc(C(=O)N2CC[C@@]3(C2)CN(c2cccc(F)c2)C(=O)CN3C)c1. The Balaban J connectivity index is 1.56. The van der Waals surface area contributed by atoms with Gasteiger partial charge in [-0.1, -0.05) is 12.1 Å². The summed E-state index contributed by atoms with van der Waals surface area (Å²) < 4.78 is 13.7. The molecular weight excluding hydrogens is 383 g/mol. The zero-order chi connectivity index (χ0) is 21.5. The van der Waals surface area contributed by atoms with Gasteiger partial charge in [0.15, 0.2) is 0 Å². The number of carbonyl (C=O) groups is 2. The van der Waals surface area contributed by atoms with Crippen molar-refractivity contribution < 1.29 is 14.0 Å². The molecule has 2 fully saturated rings. The Morgan fingerprint density at radius 2 is 1.87 bits per heavy atom. The van der Waals surface area contributed by atoms with Gasteiger partial charge in [0.1, 0.15) is 5.82 Å². The van der Waals surface area contributed by atoms with Gasteiger partial charge in [0.2, 0.25) is 5.91 Å². The van der Waals surface area contributed by atoms with E-state index in [9.17, 15) is 14.0 Å². The third-order valence-electron chi connectivity index (χ3n) is 6.28. The van der Waals surface area contributed by atoms with Crippen molar-refractivity contribution in [3.05, 3.63) is 59.9 Å². The zero-order valence-electron chi connectivity index (χ0n) is 17.6. The summed E-state index contributed by atoms with van der Waals surface area (Å²) in [5, 5.41) is 0. The number of piperazine rings is 1. The van der Waals surface area contributed by atoms with Gasteiger partial charge in [0.05, 0.1) is 12.1 Å². The van der Waals surface area contributed by atoms with Gasteiger partial charge in [-0.2, -0.15) is 0 Å². The van der Waals surface area contributed by atoms with E-state index in [1.165, 1.54) is 12.1 Å². The van der Waals surface area contributed by atoms with Gasteiger partial charge in [-0.15, -0.1) is 0 Å². The normalized spacial score (nSPS) is 22.1. The number of halogens is 1. The van der Waals surface area contributed by atoms with Crippen LogP contribution in [0.5, 0.6) is 0 Å². The van der Waals surface area contributed by atoms with Gasteiger partial charge in [0.25, 0.3) is 5.91 Å². The maximum absolute atomic E-state index is 13.7. The first-order chi connectivity index (χ1) is 14.3. The van der Waals surface area contributed by atoms with Crippen LogP contribution in [0.2, 0.25) is 0 Å². The smallest absolute Gasteiger partial charge is 0.253 e. The molecule has 30 heavy (non-hydrogen) atoms. The van der Waals surface area contributed by atoms with Crippen LogP contribution in [0.25, 0.3) is 0 Å². The quantitative estimate of drug-likeness (QED) is 0.780. The number of benzene rings is 2. The van der Waals surface area contributed by atoms with Gasteiger partial charge in [0, 0.05) is 50.7 Å². The molecule has 0 saturated carbocycles. The monoisotopic (exact) mass is 410 g/mol. The van der Waals surface area contributed by atoms with Gasteiger partial charge in [-0.3, -0.25) is 14.5 Å². The highest BCUT2D eigenvalue weighted by Gasteiger charge is 2.48. The van der Waals surface area contributed by atoms with Crippen molar-refractivity contribution >= 4 is 23.2 Å². The molecule has 0 aliphatic carbocycles. The minimum Gasteiger partial charge on any atom is -0.378 e. The molecule has 2 heterocycles. The number of hydrogen-bond acceptors (Lipinski definition) is 4. The Bertz CT molecular complexity index is 979. The number of nitrogens with zero attached hydrogens (tertiary/aromatic N) is 4. The standard InChI is InChI=1S/C23H27FN4O2/c1-25(2)19-8-4-6-17(12-19)22(30)27-11-10-23(15-27)16-28(21(29)14-26(23)3)20-9-5-7-18(24)13-20/h4-9,12-13H,10-11,14-16H2,1-3H3/t23-/m1/s1. The second-order valence-electron chi connectivity index (χ2n) is 8.46. The van der Waals surface area contributed by atoms with Crippen molar-refractivity contribution in [2.45, 2.75) is 12.0 Å². The van der Waals surface area contributed by atoms with Crippen molar-refractivity contribution in [2.24, 2.45) is 0 Å². The molecule has 0 bridgehead atoms. The van der Waals surface area contributed by atoms with Crippen molar-refractivity contribution in [1.29, 1.82) is 0 Å². The molecule has 2 saturated heterocycles. The Morgan fingerprint density at radius 1 is 1.10 bits per heavy atom. The maximum Gasteiger partial charge on any atom is 0.253 e. The van der Waals surface area contributed by atoms with E-state index < -0.39 is 0 Å². The number of anilines is 2. The molecule has 0 N–H and O–H groups in total. The van der Waals surface area contributed by atoms with Crippen LogP contribution in [-0.2, 0) is 4.79 Å². The molecule has 158 valence electrons. The molecule has 7 heteroatoms. The van der Waals surface area contributed by atoms with Crippen LogP contribution in [0.1, 0.15) is 16.8 Å². The molecular formula is C23H27FN4O2. The Kier molecular flexibility index (Phi) is 5.24. The molecule has 2 amide bonds. The van der Waals surface area contributed by atoms with Gasteiger partial charge in [-0.25, -0.2) is 4.39 Å². The van der Waals surface area contributed by atoms with Gasteiger partial charge < -0.3 is 14.7 Å². The maximum atomic E-state index is 13.7. The molecule has 2 aliphatic heterocycles. The summed E-state index contributed by atoms with van der Waals surface area (Å²) in [6.07, 6.45) is 0.766. The van der Waals surface area contributed by atoms with Crippen molar-refractivity contribution in [2.75, 3.05) is 57.1 Å². The summed E-state index contributed by atoms with van der Waals surface area (Å²) in [4.78, 5) is 33.4. The van der Waals surface area contributed by atoms with Crippen LogP contribution in [0.3, 0.4) is 0 Å². The lowest BCUT2D eigenvalue weighted by atomic mass is 9.92. The molecule has 6 nitrogen and oxygen atoms in total. The summed E-state index contributed by atoms with van der Waals surface area (Å²) >= 11 is 0. The number of hydrogen-bond donors (Lipinski definition) is 0. The number of carbonyl (C=O) groups excluding carboxylic acids is 2. The average Bonchev–Trinajstić information content (AvgIpc) is 3.15. The predicted octanol–water partition coefficient (Wildman–Crippen LogP) is 2.46. The van der Waals surface area contributed by atoms with Crippen molar-refractivity contribution in [3.63, 3.8) is 0 Å². The Hall–Kier alpha value is -2.93. The van der Waals surface area contributed by atoms with Crippen molar-refractivity contribution in [1.82, 2.24) is 9.80 Å². The highest BCUT2D eigenvalue weighted by molar-refractivity contribution is 5.97. The van der Waals surface area contributed by atoms with Crippen LogP contribution < -0.4 is 9.80 Å². The molecule has 0 unspecified atom stereocenters. The summed E-state index contributed by atoms with van der Waals surface area (Å²) in [6, 6.07) is 13.7. The number of likely N-dealkylation sites (tertiary alicyclic amines) is 1. The molecule has 0 radical (unpaired) electrons. The van der Waals surface area contributed by atoms with Crippen LogP contribution in [0.15, 0.2) is 48.5 Å². The molecule has 2 aromatic carbocycles. The van der Waals surface area contributed by atoms with Crippen LogP contribution in [-0.4, -0.2) is 74.5 Å². The second kappa shape index (κ2) is 7.72. The fourth-order valence-electron chi connectivity index (χ4n) is 4.41. The number of amides is 2. The average molecular weight is 410 g/mol. The molecule has 1 spiro atoms. The zero-order valence-corrected chi connectivity index (χ0v) is 17.6. The van der Waals surface area contributed by atoms with Crippen molar-refractivity contribution in [3.8, 4) is 0 Å². The summed E-state index contributed by atoms with van der Waals surface area (Å²) in [7, 11) is 5.83. The topological polar surface area (TPSA) is 47.1 Å². The highest BCUT2D eigenvalue weighted by atomic mass is 19.1. The largest absolute Gasteiger partial charge is 0.378 e. The molecule has 2 aliphatic rings. The number of likely N-dealkylation sites (N-methyl/N-ethyl adjacent to an activating group) is 1. The molecule has 0 aromatic heterocycles. The third-order valence-corrected chi connectivity index (χ3v) is 6.28. The highest BCUT2D eigenvalue weighted by Crippen LogP contribution is 2.34. The Morgan fingerprint density at radius 3 is 2.60 bits per heavy atom. The van der Waals surface area contributed by atoms with E-state index in [1.54, 1.807) is 17.0 Å². The number of rotatable bonds is 3.